The molecule has 1 fully saturated rings. The Morgan fingerprint density at radius 3 is 2.46 bits per heavy atom. The molecule has 2 aromatic rings. The topological polar surface area (TPSA) is 91.4 Å². The summed E-state index contributed by atoms with van der Waals surface area (Å²) in [4.78, 5) is 45.1. The molecule has 0 aromatic heterocycles. The molecule has 0 radical (unpaired) electrons. The van der Waals surface area contributed by atoms with Gasteiger partial charge >= 0.3 is 12.0 Å². The number of carbonyl (C=O) groups excluding carboxylic acids is 3. The number of amides is 3. The predicted molar refractivity (Wildman–Crippen MR) is 144 cm³/mol. The number of halogens is 1. The third-order valence-corrected chi connectivity index (χ3v) is 7.11. The van der Waals surface area contributed by atoms with Crippen molar-refractivity contribution in [1.29, 1.82) is 0 Å². The van der Waals surface area contributed by atoms with E-state index in [0.717, 1.165) is 0 Å². The van der Waals surface area contributed by atoms with E-state index in [1.165, 1.54) is 17.0 Å². The molecular weight excluding hydrogens is 503 g/mol. The Hall–Kier alpha value is -3.92. The van der Waals surface area contributed by atoms with E-state index >= 15 is 0 Å². The highest BCUT2D eigenvalue weighted by Crippen LogP contribution is 2.33. The molecule has 2 heterocycles. The molecule has 0 aliphatic carbocycles. The molecule has 2 aliphatic rings. The number of methoxy groups -OCH3 is 1. The Balaban J connectivity index is 1.61. The lowest BCUT2D eigenvalue weighted by molar-refractivity contribution is -0.139. The van der Waals surface area contributed by atoms with Gasteiger partial charge in [0, 0.05) is 50.0 Å². The summed E-state index contributed by atoms with van der Waals surface area (Å²) in [6.07, 6.45) is 0. The maximum absolute atomic E-state index is 14.1. The molecule has 2 aliphatic heterocycles. The molecule has 0 unspecified atom stereocenters. The third-order valence-electron chi connectivity index (χ3n) is 7.11. The average Bonchev–Trinajstić information content (AvgIpc) is 2.93. The van der Waals surface area contributed by atoms with Crippen molar-refractivity contribution >= 4 is 17.9 Å². The molecule has 3 amide bonds. The van der Waals surface area contributed by atoms with E-state index in [1.54, 1.807) is 50.4 Å². The number of carbonyl (C=O) groups is 3. The molecule has 39 heavy (non-hydrogen) atoms. The fraction of sp³-hybridized carbons (Fsp3) is 0.414. The zero-order valence-corrected chi connectivity index (χ0v) is 22.8. The number of hydrogen-bond acceptors (Lipinski definition) is 6. The van der Waals surface area contributed by atoms with Crippen molar-refractivity contribution in [2.45, 2.75) is 32.9 Å². The molecule has 208 valence electrons. The number of likely N-dealkylation sites (N-methyl/N-ethyl adjacent to an activating group) is 1. The molecule has 10 heteroatoms. The minimum atomic E-state index is -0.847. The van der Waals surface area contributed by atoms with Crippen LogP contribution in [0, 0.1) is 5.82 Å². The highest BCUT2D eigenvalue weighted by atomic mass is 19.1. The lowest BCUT2D eigenvalue weighted by Crippen LogP contribution is -2.56. The summed E-state index contributed by atoms with van der Waals surface area (Å²) in [7, 11) is 1.58. The number of ether oxygens (including phenoxy) is 2. The zero-order valence-electron chi connectivity index (χ0n) is 22.8. The minimum absolute atomic E-state index is 0.0605. The van der Waals surface area contributed by atoms with Crippen LogP contribution in [-0.2, 0) is 9.53 Å². The van der Waals surface area contributed by atoms with Crippen molar-refractivity contribution in [1.82, 2.24) is 20.0 Å². The van der Waals surface area contributed by atoms with Gasteiger partial charge in [0.15, 0.2) is 0 Å². The average molecular weight is 539 g/mol. The van der Waals surface area contributed by atoms with Gasteiger partial charge < -0.3 is 19.7 Å². The van der Waals surface area contributed by atoms with E-state index in [-0.39, 0.29) is 30.2 Å². The fourth-order valence-corrected chi connectivity index (χ4v) is 5.18. The van der Waals surface area contributed by atoms with Gasteiger partial charge in [-0.15, -0.1) is 0 Å². The number of nitrogens with one attached hydrogen (secondary N) is 1. The van der Waals surface area contributed by atoms with Gasteiger partial charge in [-0.25, -0.2) is 14.0 Å². The summed E-state index contributed by atoms with van der Waals surface area (Å²) in [5.74, 6) is -0.393. The van der Waals surface area contributed by atoms with Crippen LogP contribution in [0.1, 0.15) is 42.7 Å². The minimum Gasteiger partial charge on any atom is -0.497 e. The van der Waals surface area contributed by atoms with E-state index in [2.05, 4.69) is 10.2 Å². The first-order chi connectivity index (χ1) is 18.8. The van der Waals surface area contributed by atoms with E-state index in [0.29, 0.717) is 55.3 Å². The van der Waals surface area contributed by atoms with Gasteiger partial charge in [-0.2, -0.15) is 0 Å². The molecule has 1 N–H and O–H groups in total. The van der Waals surface area contributed by atoms with Crippen molar-refractivity contribution in [2.75, 3.05) is 46.4 Å². The van der Waals surface area contributed by atoms with Gasteiger partial charge in [0.05, 0.1) is 25.3 Å². The first kappa shape index (κ1) is 28.1. The second-order valence-corrected chi connectivity index (χ2v) is 9.57. The third kappa shape index (κ3) is 6.06. The summed E-state index contributed by atoms with van der Waals surface area (Å²) in [5.41, 5.74) is 1.86. The van der Waals surface area contributed by atoms with E-state index in [1.807, 2.05) is 18.7 Å². The fourth-order valence-electron chi connectivity index (χ4n) is 5.18. The first-order valence-electron chi connectivity index (χ1n) is 13.2. The van der Waals surface area contributed by atoms with Crippen LogP contribution in [0.4, 0.5) is 9.18 Å². The Labute approximate surface area is 228 Å². The summed E-state index contributed by atoms with van der Waals surface area (Å²) >= 11 is 0. The zero-order chi connectivity index (χ0) is 28.1. The maximum Gasteiger partial charge on any atom is 0.338 e. The molecule has 1 saturated heterocycles. The number of piperazine rings is 1. The first-order valence-corrected chi connectivity index (χ1v) is 13.2. The van der Waals surface area contributed by atoms with Gasteiger partial charge in [-0.05, 0) is 62.7 Å². The number of rotatable bonds is 8. The number of urea groups is 1. The van der Waals surface area contributed by atoms with E-state index < -0.39 is 17.8 Å². The normalized spacial score (nSPS) is 20.1. The van der Waals surface area contributed by atoms with Gasteiger partial charge in [0.1, 0.15) is 11.6 Å². The number of nitrogens with zero attached hydrogens (tertiary/aromatic N) is 3. The molecule has 0 bridgehead atoms. The van der Waals surface area contributed by atoms with Crippen LogP contribution in [0.2, 0.25) is 0 Å². The molecule has 9 nitrogen and oxygen atoms in total. The van der Waals surface area contributed by atoms with Crippen LogP contribution in [0.3, 0.4) is 0 Å². The SMILES string of the molecule is CCOC(=O)C1=C(CN2CCN(C(=O)c3ccc(OC)cc3)[C@@H](C)C2)N(CC)C(=O)N[C@@H]1c1cccc(F)c1. The van der Waals surface area contributed by atoms with Crippen LogP contribution in [0.15, 0.2) is 59.8 Å². The van der Waals surface area contributed by atoms with Gasteiger partial charge in [-0.1, -0.05) is 12.1 Å². The quantitative estimate of drug-likeness (QED) is 0.517. The van der Waals surface area contributed by atoms with Crippen molar-refractivity contribution in [2.24, 2.45) is 0 Å². The molecule has 0 saturated carbocycles. The summed E-state index contributed by atoms with van der Waals surface area (Å²) in [6, 6.07) is 11.6. The van der Waals surface area contributed by atoms with Crippen molar-refractivity contribution < 1.29 is 28.2 Å². The highest BCUT2D eigenvalue weighted by Gasteiger charge is 2.39. The summed E-state index contributed by atoms with van der Waals surface area (Å²) in [6.45, 7) is 7.92. The molecule has 2 atom stereocenters. The number of esters is 1. The number of benzene rings is 2. The van der Waals surface area contributed by atoms with Crippen molar-refractivity contribution in [3.8, 4) is 5.75 Å². The highest BCUT2D eigenvalue weighted by molar-refractivity contribution is 5.95. The van der Waals surface area contributed by atoms with Crippen LogP contribution >= 0.6 is 0 Å². The van der Waals surface area contributed by atoms with Gasteiger partial charge in [0.2, 0.25) is 0 Å². The second kappa shape index (κ2) is 12.3. The lowest BCUT2D eigenvalue weighted by Gasteiger charge is -2.43. The van der Waals surface area contributed by atoms with Crippen LogP contribution in [0.25, 0.3) is 0 Å². The number of hydrogen-bond donors (Lipinski definition) is 1. The molecule has 2 aromatic carbocycles. The van der Waals surface area contributed by atoms with Crippen LogP contribution < -0.4 is 10.1 Å². The molecular formula is C29H35FN4O5. The molecule has 4 rings (SSSR count). The van der Waals surface area contributed by atoms with Crippen LogP contribution in [-0.4, -0.2) is 85.1 Å². The Morgan fingerprint density at radius 2 is 1.85 bits per heavy atom. The smallest absolute Gasteiger partial charge is 0.338 e. The Kier molecular flexibility index (Phi) is 8.86. The molecule has 0 spiro atoms. The predicted octanol–water partition coefficient (Wildman–Crippen LogP) is 3.58. The van der Waals surface area contributed by atoms with Crippen LogP contribution in [0.5, 0.6) is 5.75 Å². The Bertz CT molecular complexity index is 1250. The second-order valence-electron chi connectivity index (χ2n) is 9.57. The van der Waals surface area contributed by atoms with Gasteiger partial charge in [-0.3, -0.25) is 14.6 Å². The maximum atomic E-state index is 14.1. The largest absolute Gasteiger partial charge is 0.497 e. The standard InChI is InChI=1S/C29H35FN4O5/c1-5-33-24(25(28(36)39-6-2)26(31-29(33)37)21-8-7-9-22(30)16-21)18-32-14-15-34(19(3)17-32)27(35)20-10-12-23(38-4)13-11-20/h7-13,16,19,26H,5-6,14-15,17-18H2,1-4H3,(H,31,37)/t19-,26+/m0/s1. The lowest BCUT2D eigenvalue weighted by atomic mass is 9.94. The monoisotopic (exact) mass is 538 g/mol. The Morgan fingerprint density at radius 1 is 1.10 bits per heavy atom. The summed E-state index contributed by atoms with van der Waals surface area (Å²) < 4.78 is 24.7. The van der Waals surface area contributed by atoms with Crippen molar-refractivity contribution in [3.63, 3.8) is 0 Å². The van der Waals surface area contributed by atoms with Crippen molar-refractivity contribution in [3.05, 3.63) is 76.7 Å². The van der Waals surface area contributed by atoms with E-state index in [4.69, 9.17) is 9.47 Å². The summed E-state index contributed by atoms with van der Waals surface area (Å²) in [5, 5.41) is 2.86. The van der Waals surface area contributed by atoms with Gasteiger partial charge in [0.25, 0.3) is 5.91 Å². The van der Waals surface area contributed by atoms with E-state index in [9.17, 15) is 18.8 Å².